The first-order valence-corrected chi connectivity index (χ1v) is 4.63. The molecule has 0 aromatic heterocycles. The van der Waals surface area contributed by atoms with Gasteiger partial charge in [-0.1, -0.05) is 0 Å². The average molecular weight is 168 g/mol. The molecule has 0 bridgehead atoms. The van der Waals surface area contributed by atoms with Gasteiger partial charge in [0.05, 0.1) is 7.11 Å². The summed E-state index contributed by atoms with van der Waals surface area (Å²) in [6.45, 7) is 3.28. The largest absolute Gasteiger partial charge is 0.483 e. The van der Waals surface area contributed by atoms with Crippen LogP contribution in [0.5, 0.6) is 0 Å². The van der Waals surface area contributed by atoms with Gasteiger partial charge >= 0.3 is 0 Å². The molecular formula is C9H16N2O. The molecule has 1 atom stereocenters. The zero-order valence-electron chi connectivity index (χ0n) is 7.52. The van der Waals surface area contributed by atoms with Gasteiger partial charge in [0.25, 0.3) is 0 Å². The molecular weight excluding hydrogens is 152 g/mol. The van der Waals surface area contributed by atoms with E-state index < -0.39 is 0 Å². The maximum absolute atomic E-state index is 5.30. The molecule has 68 valence electrons. The third kappa shape index (κ3) is 1.29. The fourth-order valence-electron chi connectivity index (χ4n) is 2.08. The van der Waals surface area contributed by atoms with Gasteiger partial charge in [0.15, 0.2) is 5.88 Å². The molecule has 3 heteroatoms. The zero-order valence-corrected chi connectivity index (χ0v) is 7.52. The normalized spacial score (nSPS) is 29.2. The Morgan fingerprint density at radius 3 is 3.17 bits per heavy atom. The van der Waals surface area contributed by atoms with Crippen LogP contribution in [-0.2, 0) is 4.74 Å². The van der Waals surface area contributed by atoms with E-state index in [1.54, 1.807) is 7.11 Å². The van der Waals surface area contributed by atoms with Crippen molar-refractivity contribution < 1.29 is 4.74 Å². The molecule has 0 radical (unpaired) electrons. The number of hydrogen-bond donors (Lipinski definition) is 2. The molecule has 0 aromatic rings. The van der Waals surface area contributed by atoms with E-state index in [-0.39, 0.29) is 0 Å². The van der Waals surface area contributed by atoms with Gasteiger partial charge < -0.3 is 15.4 Å². The van der Waals surface area contributed by atoms with E-state index >= 15 is 0 Å². The minimum absolute atomic E-state index is 0.718. The lowest BCUT2D eigenvalue weighted by atomic mass is 9.88. The zero-order chi connectivity index (χ0) is 8.39. The molecule has 2 aliphatic heterocycles. The first-order valence-electron chi connectivity index (χ1n) is 4.63. The van der Waals surface area contributed by atoms with Crippen molar-refractivity contribution >= 4 is 0 Å². The Kier molecular flexibility index (Phi) is 2.21. The standard InChI is InChI=1S/C9H16N2O/c1-12-9-8-3-4-10-6-7(8)2-5-11-9/h7,10-11H,2-6H2,1H3. The van der Waals surface area contributed by atoms with Crippen LogP contribution in [0.3, 0.4) is 0 Å². The average Bonchev–Trinajstić information content (AvgIpc) is 2.17. The highest BCUT2D eigenvalue weighted by atomic mass is 16.5. The van der Waals surface area contributed by atoms with Crippen LogP contribution in [0.1, 0.15) is 12.8 Å². The molecule has 0 aliphatic carbocycles. The molecule has 0 aromatic carbocycles. The summed E-state index contributed by atoms with van der Waals surface area (Å²) in [6.07, 6.45) is 2.38. The number of nitrogens with one attached hydrogen (secondary N) is 2. The lowest BCUT2D eigenvalue weighted by molar-refractivity contribution is 0.226. The number of rotatable bonds is 1. The number of piperidine rings is 1. The smallest absolute Gasteiger partial charge is 0.185 e. The van der Waals surface area contributed by atoms with Gasteiger partial charge in [-0.05, 0) is 30.9 Å². The summed E-state index contributed by atoms with van der Waals surface area (Å²) in [4.78, 5) is 0. The molecule has 1 saturated heterocycles. The Hall–Kier alpha value is -0.700. The van der Waals surface area contributed by atoms with Gasteiger partial charge in [0.1, 0.15) is 0 Å². The van der Waals surface area contributed by atoms with Crippen molar-refractivity contribution in [1.29, 1.82) is 0 Å². The maximum Gasteiger partial charge on any atom is 0.185 e. The van der Waals surface area contributed by atoms with E-state index in [2.05, 4.69) is 10.6 Å². The number of methoxy groups -OCH3 is 1. The topological polar surface area (TPSA) is 33.3 Å². The van der Waals surface area contributed by atoms with Gasteiger partial charge in [-0.15, -0.1) is 0 Å². The summed E-state index contributed by atoms with van der Waals surface area (Å²) < 4.78 is 5.30. The number of fused-ring (bicyclic) bond motifs is 1. The Balaban J connectivity index is 2.19. The van der Waals surface area contributed by atoms with Gasteiger partial charge in [0, 0.05) is 13.1 Å². The van der Waals surface area contributed by atoms with Crippen molar-refractivity contribution in [3.8, 4) is 0 Å². The summed E-state index contributed by atoms with van der Waals surface area (Å²) in [5.41, 5.74) is 1.49. The monoisotopic (exact) mass is 168 g/mol. The number of ether oxygens (including phenoxy) is 1. The van der Waals surface area contributed by atoms with Gasteiger partial charge in [-0.3, -0.25) is 0 Å². The summed E-state index contributed by atoms with van der Waals surface area (Å²) in [6, 6.07) is 0. The van der Waals surface area contributed by atoms with Crippen molar-refractivity contribution in [3.05, 3.63) is 11.5 Å². The SMILES string of the molecule is COC1=C2CCNCC2CCN1. The molecule has 0 amide bonds. The van der Waals surface area contributed by atoms with Crippen LogP contribution in [0.25, 0.3) is 0 Å². The minimum atomic E-state index is 0.718. The third-order valence-electron chi connectivity index (χ3n) is 2.73. The Morgan fingerprint density at radius 2 is 2.33 bits per heavy atom. The Bertz CT molecular complexity index is 201. The van der Waals surface area contributed by atoms with Crippen molar-refractivity contribution in [1.82, 2.24) is 10.6 Å². The van der Waals surface area contributed by atoms with Crippen LogP contribution >= 0.6 is 0 Å². The van der Waals surface area contributed by atoms with Crippen molar-refractivity contribution in [3.63, 3.8) is 0 Å². The first-order chi connectivity index (χ1) is 5.92. The highest BCUT2D eigenvalue weighted by Crippen LogP contribution is 2.26. The molecule has 1 unspecified atom stereocenters. The van der Waals surface area contributed by atoms with Crippen LogP contribution in [0.2, 0.25) is 0 Å². The maximum atomic E-state index is 5.30. The molecule has 3 nitrogen and oxygen atoms in total. The lowest BCUT2D eigenvalue weighted by Crippen LogP contribution is -2.39. The van der Waals surface area contributed by atoms with E-state index in [9.17, 15) is 0 Å². The quantitative estimate of drug-likeness (QED) is 0.596. The fraction of sp³-hybridized carbons (Fsp3) is 0.778. The molecule has 2 aliphatic rings. The molecule has 0 spiro atoms. The molecule has 2 N–H and O–H groups in total. The summed E-state index contributed by atoms with van der Waals surface area (Å²) in [5, 5.41) is 6.71. The van der Waals surface area contributed by atoms with Crippen LogP contribution in [0.4, 0.5) is 0 Å². The van der Waals surface area contributed by atoms with E-state index in [4.69, 9.17) is 4.74 Å². The Labute approximate surface area is 73.2 Å². The second-order valence-corrected chi connectivity index (χ2v) is 3.42. The van der Waals surface area contributed by atoms with Gasteiger partial charge in [-0.2, -0.15) is 0 Å². The second-order valence-electron chi connectivity index (χ2n) is 3.42. The summed E-state index contributed by atoms with van der Waals surface area (Å²) in [5.74, 6) is 1.75. The van der Waals surface area contributed by atoms with Crippen LogP contribution in [0.15, 0.2) is 11.5 Å². The van der Waals surface area contributed by atoms with Crippen LogP contribution in [-0.4, -0.2) is 26.7 Å². The van der Waals surface area contributed by atoms with Gasteiger partial charge in [-0.25, -0.2) is 0 Å². The third-order valence-corrected chi connectivity index (χ3v) is 2.73. The second kappa shape index (κ2) is 3.35. The molecule has 2 rings (SSSR count). The molecule has 0 saturated carbocycles. The van der Waals surface area contributed by atoms with Gasteiger partial charge in [0.2, 0.25) is 0 Å². The van der Waals surface area contributed by atoms with Crippen molar-refractivity contribution in [2.75, 3.05) is 26.7 Å². The molecule has 2 heterocycles. The first kappa shape index (κ1) is 7.92. The summed E-state index contributed by atoms with van der Waals surface area (Å²) in [7, 11) is 1.75. The fourth-order valence-corrected chi connectivity index (χ4v) is 2.08. The molecule has 12 heavy (non-hydrogen) atoms. The van der Waals surface area contributed by atoms with E-state index in [0.29, 0.717) is 0 Å². The highest BCUT2D eigenvalue weighted by molar-refractivity contribution is 5.17. The van der Waals surface area contributed by atoms with Crippen LogP contribution in [0, 0.1) is 5.92 Å². The van der Waals surface area contributed by atoms with Crippen molar-refractivity contribution in [2.24, 2.45) is 5.92 Å². The summed E-state index contributed by atoms with van der Waals surface area (Å²) >= 11 is 0. The van der Waals surface area contributed by atoms with Crippen LogP contribution < -0.4 is 10.6 Å². The Morgan fingerprint density at radius 1 is 1.42 bits per heavy atom. The predicted molar refractivity (Wildman–Crippen MR) is 47.6 cm³/mol. The van der Waals surface area contributed by atoms with E-state index in [1.165, 1.54) is 12.0 Å². The van der Waals surface area contributed by atoms with E-state index in [1.807, 2.05) is 0 Å². The lowest BCUT2D eigenvalue weighted by Gasteiger charge is -2.32. The molecule has 1 fully saturated rings. The predicted octanol–water partition coefficient (Wildman–Crippen LogP) is 0.447. The van der Waals surface area contributed by atoms with Crippen molar-refractivity contribution in [2.45, 2.75) is 12.8 Å². The highest BCUT2D eigenvalue weighted by Gasteiger charge is 2.25. The number of hydrogen-bond acceptors (Lipinski definition) is 3. The minimum Gasteiger partial charge on any atom is -0.483 e. The van der Waals surface area contributed by atoms with E-state index in [0.717, 1.165) is 37.9 Å².